The summed E-state index contributed by atoms with van der Waals surface area (Å²) in [7, 11) is 0. The van der Waals surface area contributed by atoms with Gasteiger partial charge in [-0.25, -0.2) is 4.79 Å². The zero-order chi connectivity index (χ0) is 21.5. The van der Waals surface area contributed by atoms with E-state index in [1.54, 1.807) is 54.6 Å². The number of hydrogen-bond donors (Lipinski definition) is 1. The summed E-state index contributed by atoms with van der Waals surface area (Å²) in [6.07, 6.45) is 1.16. The van der Waals surface area contributed by atoms with Gasteiger partial charge in [0.1, 0.15) is 23.0 Å². The molecule has 0 aliphatic carbocycles. The Morgan fingerprint density at radius 3 is 2.43 bits per heavy atom. The number of nitrogens with one attached hydrogen (secondary N) is 1. The Kier molecular flexibility index (Phi) is 6.61. The normalized spacial score (nSPS) is 11.0. The average Bonchev–Trinajstić information content (AvgIpc) is 3.22. The molecule has 0 atom stereocenters. The fourth-order valence-electron chi connectivity index (χ4n) is 2.43. The molecular formula is C21H15ClN2O6. The van der Waals surface area contributed by atoms with Crippen LogP contribution in [0.5, 0.6) is 0 Å². The summed E-state index contributed by atoms with van der Waals surface area (Å²) in [6, 6.07) is 17.5. The molecule has 0 aliphatic heterocycles. The Labute approximate surface area is 175 Å². The molecule has 3 aromatic rings. The molecule has 0 saturated heterocycles. The molecule has 0 fully saturated rings. The number of amides is 1. The Morgan fingerprint density at radius 2 is 1.77 bits per heavy atom. The zero-order valence-corrected chi connectivity index (χ0v) is 16.2. The van der Waals surface area contributed by atoms with Gasteiger partial charge < -0.3 is 14.5 Å². The number of nitrogens with zero attached hydrogens (tertiary/aromatic N) is 1. The van der Waals surface area contributed by atoms with Crippen molar-refractivity contribution < 1.29 is 23.7 Å². The van der Waals surface area contributed by atoms with Gasteiger partial charge in [0.2, 0.25) is 0 Å². The largest absolute Gasteiger partial charge is 0.456 e. The first-order chi connectivity index (χ1) is 14.4. The molecule has 0 unspecified atom stereocenters. The molecule has 1 N–H and O–H groups in total. The van der Waals surface area contributed by atoms with E-state index in [9.17, 15) is 19.7 Å². The second-order valence-corrected chi connectivity index (χ2v) is 6.39. The predicted molar refractivity (Wildman–Crippen MR) is 108 cm³/mol. The summed E-state index contributed by atoms with van der Waals surface area (Å²) in [4.78, 5) is 35.2. The van der Waals surface area contributed by atoms with Gasteiger partial charge in [0.05, 0.1) is 6.07 Å². The summed E-state index contributed by atoms with van der Waals surface area (Å²) in [5.41, 5.74) is 0.641. The van der Waals surface area contributed by atoms with Gasteiger partial charge in [-0.2, -0.15) is 0 Å². The minimum absolute atomic E-state index is 0.000227. The van der Waals surface area contributed by atoms with Crippen LogP contribution in [0.15, 0.2) is 76.8 Å². The highest BCUT2D eigenvalue weighted by molar-refractivity contribution is 6.31. The maximum atomic E-state index is 12.6. The number of carbonyl (C=O) groups excluding carboxylic acids is 2. The Hall–Kier alpha value is -3.91. The molecule has 8 nitrogen and oxygen atoms in total. The summed E-state index contributed by atoms with van der Waals surface area (Å²) >= 11 is 6.06. The number of nitro groups is 1. The van der Waals surface area contributed by atoms with Crippen molar-refractivity contribution in [2.24, 2.45) is 0 Å². The van der Waals surface area contributed by atoms with E-state index in [1.165, 1.54) is 6.07 Å². The first-order valence-electron chi connectivity index (χ1n) is 8.67. The Balaban J connectivity index is 1.83. The summed E-state index contributed by atoms with van der Waals surface area (Å²) in [5, 5.41) is 13.7. The fourth-order valence-corrected chi connectivity index (χ4v) is 2.62. The van der Waals surface area contributed by atoms with E-state index in [0.29, 0.717) is 16.1 Å². The average molecular weight is 427 g/mol. The van der Waals surface area contributed by atoms with Crippen molar-refractivity contribution in [2.75, 3.05) is 0 Å². The molecule has 30 heavy (non-hydrogen) atoms. The first kappa shape index (κ1) is 20.8. The van der Waals surface area contributed by atoms with Gasteiger partial charge in [-0.05, 0) is 24.3 Å². The lowest BCUT2D eigenvalue weighted by Crippen LogP contribution is -2.28. The summed E-state index contributed by atoms with van der Waals surface area (Å²) < 4.78 is 10.3. The van der Waals surface area contributed by atoms with Gasteiger partial charge in [0, 0.05) is 22.2 Å². The third-order valence-electron chi connectivity index (χ3n) is 3.90. The fraction of sp³-hybridized carbons (Fsp3) is 0.0476. The van der Waals surface area contributed by atoms with Crippen LogP contribution in [-0.4, -0.2) is 16.8 Å². The number of rotatable bonds is 7. The highest BCUT2D eigenvalue weighted by Gasteiger charge is 2.19. The van der Waals surface area contributed by atoms with Crippen molar-refractivity contribution in [2.45, 2.75) is 6.61 Å². The smallest absolute Gasteiger partial charge is 0.433 e. The van der Waals surface area contributed by atoms with Crippen LogP contribution in [-0.2, 0) is 16.1 Å². The highest BCUT2D eigenvalue weighted by atomic mass is 35.5. The van der Waals surface area contributed by atoms with Crippen molar-refractivity contribution in [1.82, 2.24) is 5.32 Å². The molecule has 1 amide bonds. The molecule has 2 aromatic carbocycles. The monoisotopic (exact) mass is 426 g/mol. The van der Waals surface area contributed by atoms with E-state index >= 15 is 0 Å². The Morgan fingerprint density at radius 1 is 1.07 bits per heavy atom. The van der Waals surface area contributed by atoms with Crippen LogP contribution in [0.3, 0.4) is 0 Å². The molecule has 0 saturated carbocycles. The number of halogens is 1. The van der Waals surface area contributed by atoms with Gasteiger partial charge in [-0.1, -0.05) is 48.0 Å². The predicted octanol–water partition coefficient (Wildman–Crippen LogP) is 4.36. The maximum absolute atomic E-state index is 12.6. The van der Waals surface area contributed by atoms with Gasteiger partial charge in [0.25, 0.3) is 5.91 Å². The summed E-state index contributed by atoms with van der Waals surface area (Å²) in [5.74, 6) is -1.92. The Bertz CT molecular complexity index is 1110. The van der Waals surface area contributed by atoms with Crippen LogP contribution in [0.4, 0.5) is 5.88 Å². The van der Waals surface area contributed by atoms with E-state index in [1.807, 2.05) is 0 Å². The third kappa shape index (κ3) is 5.33. The van der Waals surface area contributed by atoms with Crippen molar-refractivity contribution in [3.8, 4) is 0 Å². The maximum Gasteiger partial charge on any atom is 0.433 e. The molecule has 152 valence electrons. The van der Waals surface area contributed by atoms with Crippen molar-refractivity contribution in [3.05, 3.63) is 104 Å². The molecule has 0 aliphatic rings. The van der Waals surface area contributed by atoms with Crippen LogP contribution in [0.1, 0.15) is 21.7 Å². The molecule has 0 radical (unpaired) electrons. The lowest BCUT2D eigenvalue weighted by atomic mass is 10.2. The number of esters is 1. The topological polar surface area (TPSA) is 112 Å². The van der Waals surface area contributed by atoms with Crippen LogP contribution >= 0.6 is 11.6 Å². The minimum atomic E-state index is -0.863. The van der Waals surface area contributed by atoms with E-state index in [-0.39, 0.29) is 18.1 Å². The van der Waals surface area contributed by atoms with Crippen molar-refractivity contribution in [3.63, 3.8) is 0 Å². The number of benzene rings is 2. The van der Waals surface area contributed by atoms with E-state index in [2.05, 4.69) is 5.32 Å². The van der Waals surface area contributed by atoms with Gasteiger partial charge >= 0.3 is 11.9 Å². The third-order valence-corrected chi connectivity index (χ3v) is 4.27. The van der Waals surface area contributed by atoms with Crippen LogP contribution in [0.25, 0.3) is 6.08 Å². The molecule has 9 heteroatoms. The molecule has 0 bridgehead atoms. The van der Waals surface area contributed by atoms with Gasteiger partial charge in [0.15, 0.2) is 0 Å². The van der Waals surface area contributed by atoms with E-state index < -0.39 is 22.7 Å². The van der Waals surface area contributed by atoms with Gasteiger partial charge in [-0.3, -0.25) is 14.9 Å². The molecule has 1 aromatic heterocycles. The lowest BCUT2D eigenvalue weighted by molar-refractivity contribution is -0.402. The zero-order valence-electron chi connectivity index (χ0n) is 15.4. The number of hydrogen-bond acceptors (Lipinski definition) is 6. The second-order valence-electron chi connectivity index (χ2n) is 5.98. The van der Waals surface area contributed by atoms with E-state index in [0.717, 1.165) is 12.1 Å². The van der Waals surface area contributed by atoms with Crippen molar-refractivity contribution >= 4 is 35.4 Å². The van der Waals surface area contributed by atoms with Crippen molar-refractivity contribution in [1.29, 1.82) is 0 Å². The number of carbonyl (C=O) groups is 2. The lowest BCUT2D eigenvalue weighted by Gasteiger charge is -2.11. The first-order valence-corrected chi connectivity index (χ1v) is 9.04. The van der Waals surface area contributed by atoms with E-state index in [4.69, 9.17) is 20.8 Å². The van der Waals surface area contributed by atoms with Gasteiger partial charge in [-0.15, -0.1) is 0 Å². The minimum Gasteiger partial charge on any atom is -0.456 e. The molecule has 0 spiro atoms. The quantitative estimate of drug-likeness (QED) is 0.260. The SMILES string of the molecule is O=C(OCc1ccccc1Cl)/C(=C/c1ccc([N+](=O)[O-])o1)NC(=O)c1ccccc1. The number of ether oxygens (including phenoxy) is 1. The van der Waals surface area contributed by atoms with Crippen LogP contribution < -0.4 is 5.32 Å². The highest BCUT2D eigenvalue weighted by Crippen LogP contribution is 2.19. The molecule has 1 heterocycles. The van der Waals surface area contributed by atoms with Crippen LogP contribution in [0, 0.1) is 10.1 Å². The van der Waals surface area contributed by atoms with Crippen LogP contribution in [0.2, 0.25) is 5.02 Å². The molecule has 3 rings (SSSR count). The number of furan rings is 1. The second kappa shape index (κ2) is 9.53. The molecular weight excluding hydrogens is 412 g/mol. The standard InChI is InChI=1S/C21H15ClN2O6/c22-17-9-5-4-8-15(17)13-29-21(26)18(12-16-10-11-19(30-16)24(27)28)23-20(25)14-6-2-1-3-7-14/h1-12H,13H2,(H,23,25)/b18-12-. The summed E-state index contributed by atoms with van der Waals surface area (Å²) in [6.45, 7) is -0.130.